The molecule has 1 aliphatic rings. The summed E-state index contributed by atoms with van der Waals surface area (Å²) in [5.41, 5.74) is 1.57. The lowest BCUT2D eigenvalue weighted by Gasteiger charge is -2.24. The molecule has 5 nitrogen and oxygen atoms in total. The van der Waals surface area contributed by atoms with Gasteiger partial charge in [-0.3, -0.25) is 4.72 Å². The molecule has 0 radical (unpaired) electrons. The molecule has 0 aromatic heterocycles. The van der Waals surface area contributed by atoms with Gasteiger partial charge in [0, 0.05) is 17.4 Å². The van der Waals surface area contributed by atoms with E-state index in [1.54, 1.807) is 31.4 Å². The molecule has 25 heavy (non-hydrogen) atoms. The first-order chi connectivity index (χ1) is 12.1. The molecule has 3 rings (SSSR count). The monoisotopic (exact) mass is 360 g/mol. The van der Waals surface area contributed by atoms with E-state index in [1.165, 1.54) is 44.2 Å². The number of ether oxygens (including phenoxy) is 1. The van der Waals surface area contributed by atoms with E-state index in [-0.39, 0.29) is 4.90 Å². The van der Waals surface area contributed by atoms with Gasteiger partial charge < -0.3 is 10.1 Å². The molecule has 0 bridgehead atoms. The van der Waals surface area contributed by atoms with Crippen LogP contribution in [0.4, 0.5) is 11.4 Å². The Labute approximate surface area is 149 Å². The zero-order valence-electron chi connectivity index (χ0n) is 14.4. The maximum atomic E-state index is 12.4. The zero-order valence-corrected chi connectivity index (χ0v) is 15.2. The lowest BCUT2D eigenvalue weighted by atomic mass is 9.95. The third-order valence-electron chi connectivity index (χ3n) is 4.48. The van der Waals surface area contributed by atoms with Crippen LogP contribution in [0, 0.1) is 0 Å². The summed E-state index contributed by atoms with van der Waals surface area (Å²) < 4.78 is 32.5. The minimum Gasteiger partial charge on any atom is -0.497 e. The maximum Gasteiger partial charge on any atom is 0.261 e. The molecule has 2 N–H and O–H groups in total. The molecule has 1 aliphatic carbocycles. The Hall–Kier alpha value is -2.21. The molecule has 0 saturated heterocycles. The number of anilines is 2. The van der Waals surface area contributed by atoms with Crippen LogP contribution in [0.25, 0.3) is 0 Å². The van der Waals surface area contributed by atoms with Crippen LogP contribution in [0.15, 0.2) is 53.4 Å². The third kappa shape index (κ3) is 4.66. The van der Waals surface area contributed by atoms with Gasteiger partial charge in [0.25, 0.3) is 10.0 Å². The summed E-state index contributed by atoms with van der Waals surface area (Å²) in [5, 5.41) is 3.52. The van der Waals surface area contributed by atoms with Gasteiger partial charge in [-0.25, -0.2) is 8.42 Å². The molecular formula is C19H24N2O3S. The molecule has 0 aliphatic heterocycles. The van der Waals surface area contributed by atoms with Crippen molar-refractivity contribution in [3.8, 4) is 5.75 Å². The second kappa shape index (κ2) is 7.78. The highest BCUT2D eigenvalue weighted by Gasteiger charge is 2.15. The second-order valence-electron chi connectivity index (χ2n) is 6.34. The van der Waals surface area contributed by atoms with Crippen molar-refractivity contribution in [1.29, 1.82) is 0 Å². The highest BCUT2D eigenvalue weighted by molar-refractivity contribution is 7.92. The van der Waals surface area contributed by atoms with E-state index in [0.29, 0.717) is 17.5 Å². The van der Waals surface area contributed by atoms with Crippen molar-refractivity contribution in [3.05, 3.63) is 48.5 Å². The molecule has 1 fully saturated rings. The Morgan fingerprint density at radius 2 is 1.48 bits per heavy atom. The smallest absolute Gasteiger partial charge is 0.261 e. The Morgan fingerprint density at radius 3 is 2.08 bits per heavy atom. The molecule has 1 saturated carbocycles. The first-order valence-corrected chi connectivity index (χ1v) is 10.1. The van der Waals surface area contributed by atoms with Crippen molar-refractivity contribution >= 4 is 21.4 Å². The predicted octanol–water partition coefficient (Wildman–Crippen LogP) is 4.24. The first kappa shape index (κ1) is 17.6. The fourth-order valence-corrected chi connectivity index (χ4v) is 4.14. The molecule has 6 heteroatoms. The molecule has 0 spiro atoms. The Balaban J connectivity index is 1.65. The van der Waals surface area contributed by atoms with Crippen molar-refractivity contribution < 1.29 is 13.2 Å². The van der Waals surface area contributed by atoms with E-state index < -0.39 is 10.0 Å². The first-order valence-electron chi connectivity index (χ1n) is 8.60. The molecule has 0 unspecified atom stereocenters. The lowest BCUT2D eigenvalue weighted by molar-refractivity contribution is 0.414. The van der Waals surface area contributed by atoms with Crippen LogP contribution in [-0.2, 0) is 10.0 Å². The minimum atomic E-state index is -3.60. The molecule has 0 heterocycles. The summed E-state index contributed by atoms with van der Waals surface area (Å²) in [5.74, 6) is 0.622. The Bertz CT molecular complexity index is 780. The second-order valence-corrected chi connectivity index (χ2v) is 8.02. The van der Waals surface area contributed by atoms with Gasteiger partial charge in [0.2, 0.25) is 0 Å². The minimum absolute atomic E-state index is 0.206. The predicted molar refractivity (Wildman–Crippen MR) is 101 cm³/mol. The summed E-state index contributed by atoms with van der Waals surface area (Å²) in [6.07, 6.45) is 6.27. The molecule has 0 atom stereocenters. The number of hydrogen-bond donors (Lipinski definition) is 2. The largest absolute Gasteiger partial charge is 0.497 e. The van der Waals surface area contributed by atoms with E-state index in [9.17, 15) is 8.42 Å². The van der Waals surface area contributed by atoms with E-state index in [4.69, 9.17) is 4.74 Å². The summed E-state index contributed by atoms with van der Waals surface area (Å²) in [7, 11) is -2.06. The number of hydrogen-bond acceptors (Lipinski definition) is 4. The van der Waals surface area contributed by atoms with Gasteiger partial charge in [0.15, 0.2) is 0 Å². The number of benzene rings is 2. The van der Waals surface area contributed by atoms with E-state index in [0.717, 1.165) is 5.69 Å². The van der Waals surface area contributed by atoms with Crippen LogP contribution in [0.3, 0.4) is 0 Å². The Morgan fingerprint density at radius 1 is 0.880 bits per heavy atom. The lowest BCUT2D eigenvalue weighted by Crippen LogP contribution is -2.22. The Kier molecular flexibility index (Phi) is 5.48. The summed E-state index contributed by atoms with van der Waals surface area (Å²) in [6.45, 7) is 0. The maximum absolute atomic E-state index is 12.4. The van der Waals surface area contributed by atoms with E-state index in [1.807, 2.05) is 12.1 Å². The average Bonchev–Trinajstić information content (AvgIpc) is 2.64. The van der Waals surface area contributed by atoms with Crippen molar-refractivity contribution in [1.82, 2.24) is 0 Å². The highest BCUT2D eigenvalue weighted by Crippen LogP contribution is 2.24. The van der Waals surface area contributed by atoms with E-state index in [2.05, 4.69) is 10.0 Å². The van der Waals surface area contributed by atoms with Crippen LogP contribution in [0.1, 0.15) is 32.1 Å². The molecule has 2 aromatic rings. The fraction of sp³-hybridized carbons (Fsp3) is 0.368. The van der Waals surface area contributed by atoms with Crippen LogP contribution >= 0.6 is 0 Å². The van der Waals surface area contributed by atoms with E-state index >= 15 is 0 Å². The average molecular weight is 360 g/mol. The van der Waals surface area contributed by atoms with Gasteiger partial charge in [-0.2, -0.15) is 0 Å². The summed E-state index contributed by atoms with van der Waals surface area (Å²) in [6, 6.07) is 14.2. The number of sulfonamides is 1. The standard InChI is InChI=1S/C19H24N2O3S/c1-24-18-11-13-19(14-12-18)25(22,23)21-17-9-7-16(8-10-17)20-15-5-3-2-4-6-15/h7-15,20-21H,2-6H2,1H3. The van der Waals surface area contributed by atoms with Gasteiger partial charge in [-0.05, 0) is 61.4 Å². The van der Waals surface area contributed by atoms with Gasteiger partial charge in [0.05, 0.1) is 12.0 Å². The summed E-state index contributed by atoms with van der Waals surface area (Å²) in [4.78, 5) is 0.206. The molecular weight excluding hydrogens is 336 g/mol. The zero-order chi connectivity index (χ0) is 17.7. The normalized spacial score (nSPS) is 15.6. The summed E-state index contributed by atoms with van der Waals surface area (Å²) >= 11 is 0. The molecule has 0 amide bonds. The SMILES string of the molecule is COc1ccc(S(=O)(=O)Nc2ccc(NC3CCCCC3)cc2)cc1. The number of methoxy groups -OCH3 is 1. The van der Waals surface area contributed by atoms with Gasteiger partial charge in [0.1, 0.15) is 5.75 Å². The highest BCUT2D eigenvalue weighted by atomic mass is 32.2. The van der Waals surface area contributed by atoms with Crippen LogP contribution < -0.4 is 14.8 Å². The van der Waals surface area contributed by atoms with Gasteiger partial charge >= 0.3 is 0 Å². The van der Waals surface area contributed by atoms with Crippen molar-refractivity contribution in [2.24, 2.45) is 0 Å². The molecule has 134 valence electrons. The van der Waals surface area contributed by atoms with Crippen molar-refractivity contribution in [2.45, 2.75) is 43.0 Å². The fourth-order valence-electron chi connectivity index (χ4n) is 3.09. The number of nitrogens with one attached hydrogen (secondary N) is 2. The van der Waals surface area contributed by atoms with Crippen molar-refractivity contribution in [3.63, 3.8) is 0 Å². The van der Waals surface area contributed by atoms with Crippen molar-refractivity contribution in [2.75, 3.05) is 17.1 Å². The van der Waals surface area contributed by atoms with Gasteiger partial charge in [-0.15, -0.1) is 0 Å². The van der Waals surface area contributed by atoms with Crippen LogP contribution in [0.2, 0.25) is 0 Å². The van der Waals surface area contributed by atoms with Gasteiger partial charge in [-0.1, -0.05) is 19.3 Å². The quantitative estimate of drug-likeness (QED) is 0.808. The van der Waals surface area contributed by atoms with Crippen LogP contribution in [-0.4, -0.2) is 21.6 Å². The number of rotatable bonds is 6. The topological polar surface area (TPSA) is 67.4 Å². The van der Waals surface area contributed by atoms with Crippen LogP contribution in [0.5, 0.6) is 5.75 Å². The third-order valence-corrected chi connectivity index (χ3v) is 5.88. The molecule has 2 aromatic carbocycles.